The summed E-state index contributed by atoms with van der Waals surface area (Å²) in [5.41, 5.74) is 0. The predicted molar refractivity (Wildman–Crippen MR) is 86.6 cm³/mol. The summed E-state index contributed by atoms with van der Waals surface area (Å²) >= 11 is 15.4. The van der Waals surface area contributed by atoms with Crippen molar-refractivity contribution < 1.29 is 4.74 Å². The molecule has 0 unspecified atom stereocenters. The minimum Gasteiger partial charge on any atom is -0.491 e. The molecule has 1 aromatic carbocycles. The van der Waals surface area contributed by atoms with Crippen LogP contribution in [0.4, 0.5) is 0 Å². The quantitative estimate of drug-likeness (QED) is 0.505. The van der Waals surface area contributed by atoms with Crippen molar-refractivity contribution in [1.82, 2.24) is 5.32 Å². The highest BCUT2D eigenvalue weighted by molar-refractivity contribution is 9.10. The average Bonchev–Trinajstić information content (AvgIpc) is 2.33. The van der Waals surface area contributed by atoms with Crippen LogP contribution < -0.4 is 10.1 Å². The fraction of sp³-hybridized carbons (Fsp3) is 0.571. The Bertz CT molecular complexity index is 399. The first-order valence-electron chi connectivity index (χ1n) is 6.48. The average molecular weight is 369 g/mol. The number of hydrogen-bond acceptors (Lipinski definition) is 2. The second-order valence-corrected chi connectivity index (χ2v) is 6.50. The number of rotatable bonds is 8. The molecule has 1 N–H and O–H groups in total. The van der Waals surface area contributed by atoms with Gasteiger partial charge < -0.3 is 10.1 Å². The van der Waals surface area contributed by atoms with Gasteiger partial charge in [0, 0.05) is 17.1 Å². The molecule has 0 aromatic heterocycles. The molecule has 0 fully saturated rings. The van der Waals surface area contributed by atoms with Crippen LogP contribution in [0.15, 0.2) is 16.6 Å². The maximum atomic E-state index is 6.06. The summed E-state index contributed by atoms with van der Waals surface area (Å²) in [6, 6.07) is 3.47. The summed E-state index contributed by atoms with van der Waals surface area (Å²) in [7, 11) is 0. The second kappa shape index (κ2) is 9.06. The van der Waals surface area contributed by atoms with Crippen molar-refractivity contribution in [3.05, 3.63) is 26.7 Å². The van der Waals surface area contributed by atoms with Crippen molar-refractivity contribution >= 4 is 39.1 Å². The van der Waals surface area contributed by atoms with E-state index in [2.05, 4.69) is 35.1 Å². The molecule has 108 valence electrons. The van der Waals surface area contributed by atoms with E-state index in [1.165, 1.54) is 12.8 Å². The molecule has 0 atom stereocenters. The maximum absolute atomic E-state index is 6.06. The molecular formula is C14H20BrCl2NO. The summed E-state index contributed by atoms with van der Waals surface area (Å²) in [5.74, 6) is 1.39. The zero-order valence-electron chi connectivity index (χ0n) is 11.3. The Morgan fingerprint density at radius 3 is 2.63 bits per heavy atom. The molecule has 0 aliphatic rings. The van der Waals surface area contributed by atoms with Gasteiger partial charge in [-0.15, -0.1) is 0 Å². The molecule has 0 aliphatic heterocycles. The molecule has 0 aliphatic carbocycles. The zero-order chi connectivity index (χ0) is 14.3. The van der Waals surface area contributed by atoms with Crippen molar-refractivity contribution in [1.29, 1.82) is 0 Å². The Hall–Kier alpha value is 0.0400. The van der Waals surface area contributed by atoms with Crippen LogP contribution in [0.1, 0.15) is 26.7 Å². The Kier molecular flexibility index (Phi) is 8.15. The van der Waals surface area contributed by atoms with E-state index < -0.39 is 0 Å². The molecule has 2 nitrogen and oxygen atoms in total. The third kappa shape index (κ3) is 6.84. The van der Waals surface area contributed by atoms with E-state index in [1.807, 2.05) is 0 Å². The van der Waals surface area contributed by atoms with E-state index in [0.29, 0.717) is 22.4 Å². The highest BCUT2D eigenvalue weighted by Gasteiger charge is 2.06. The van der Waals surface area contributed by atoms with Gasteiger partial charge in [-0.2, -0.15) is 0 Å². The van der Waals surface area contributed by atoms with E-state index in [-0.39, 0.29) is 0 Å². The predicted octanol–water partition coefficient (Wildman–Crippen LogP) is 5.16. The van der Waals surface area contributed by atoms with Gasteiger partial charge in [-0.05, 0) is 47.3 Å². The molecule has 5 heteroatoms. The van der Waals surface area contributed by atoms with Crippen molar-refractivity contribution in [3.63, 3.8) is 0 Å². The summed E-state index contributed by atoms with van der Waals surface area (Å²) in [6.07, 6.45) is 2.45. The van der Waals surface area contributed by atoms with E-state index in [0.717, 1.165) is 23.5 Å². The van der Waals surface area contributed by atoms with E-state index in [9.17, 15) is 0 Å². The van der Waals surface area contributed by atoms with Crippen LogP contribution in [-0.2, 0) is 0 Å². The SMILES string of the molecule is CC(C)CCCNCCOc1cc(Cl)c(Br)cc1Cl. The van der Waals surface area contributed by atoms with Gasteiger partial charge in [0.15, 0.2) is 0 Å². The molecule has 0 amide bonds. The Labute approximate surface area is 133 Å². The van der Waals surface area contributed by atoms with Gasteiger partial charge in [-0.3, -0.25) is 0 Å². The summed E-state index contributed by atoms with van der Waals surface area (Å²) in [4.78, 5) is 0. The van der Waals surface area contributed by atoms with Gasteiger partial charge in [0.1, 0.15) is 12.4 Å². The molecule has 0 heterocycles. The molecular weight excluding hydrogens is 349 g/mol. The van der Waals surface area contributed by atoms with Crippen LogP contribution in [-0.4, -0.2) is 19.7 Å². The van der Waals surface area contributed by atoms with Crippen LogP contribution in [0.25, 0.3) is 0 Å². The number of nitrogens with one attached hydrogen (secondary N) is 1. The fourth-order valence-corrected chi connectivity index (χ4v) is 2.46. The second-order valence-electron chi connectivity index (χ2n) is 4.83. The van der Waals surface area contributed by atoms with Crippen LogP contribution in [0.5, 0.6) is 5.75 Å². The molecule has 1 rings (SSSR count). The monoisotopic (exact) mass is 367 g/mol. The van der Waals surface area contributed by atoms with Gasteiger partial charge in [0.2, 0.25) is 0 Å². The molecule has 0 saturated heterocycles. The largest absolute Gasteiger partial charge is 0.491 e. The molecule has 0 bridgehead atoms. The van der Waals surface area contributed by atoms with Gasteiger partial charge in [0.25, 0.3) is 0 Å². The minimum absolute atomic E-state index is 0.566. The minimum atomic E-state index is 0.566. The molecule has 1 aromatic rings. The van der Waals surface area contributed by atoms with Crippen LogP contribution in [0.2, 0.25) is 10.0 Å². The van der Waals surface area contributed by atoms with Gasteiger partial charge in [-0.1, -0.05) is 37.0 Å². The van der Waals surface area contributed by atoms with Crippen molar-refractivity contribution in [3.8, 4) is 5.75 Å². The lowest BCUT2D eigenvalue weighted by Gasteiger charge is -2.10. The van der Waals surface area contributed by atoms with E-state index in [1.54, 1.807) is 12.1 Å². The van der Waals surface area contributed by atoms with E-state index >= 15 is 0 Å². The third-order valence-corrected chi connectivity index (χ3v) is 4.14. The highest BCUT2D eigenvalue weighted by Crippen LogP contribution is 2.33. The number of benzene rings is 1. The summed E-state index contributed by atoms with van der Waals surface area (Å²) < 4.78 is 6.38. The molecule has 0 spiro atoms. The number of ether oxygens (including phenoxy) is 1. The third-order valence-electron chi connectivity index (χ3n) is 2.65. The topological polar surface area (TPSA) is 21.3 Å². The van der Waals surface area contributed by atoms with Gasteiger partial charge >= 0.3 is 0 Å². The van der Waals surface area contributed by atoms with Crippen molar-refractivity contribution in [2.24, 2.45) is 5.92 Å². The zero-order valence-corrected chi connectivity index (χ0v) is 14.4. The summed E-state index contributed by atoms with van der Waals surface area (Å²) in [5, 5.41) is 4.51. The maximum Gasteiger partial charge on any atom is 0.139 e. The lowest BCUT2D eigenvalue weighted by molar-refractivity contribution is 0.313. The van der Waals surface area contributed by atoms with Crippen LogP contribution >= 0.6 is 39.1 Å². The first-order chi connectivity index (χ1) is 9.00. The first-order valence-corrected chi connectivity index (χ1v) is 8.03. The lowest BCUT2D eigenvalue weighted by atomic mass is 10.1. The Morgan fingerprint density at radius 1 is 1.21 bits per heavy atom. The molecule has 19 heavy (non-hydrogen) atoms. The van der Waals surface area contributed by atoms with Crippen LogP contribution in [0.3, 0.4) is 0 Å². The standard InChI is InChI=1S/C14H20BrCl2NO/c1-10(2)4-3-5-18-6-7-19-14-9-12(16)11(15)8-13(14)17/h8-10,18H,3-7H2,1-2H3. The van der Waals surface area contributed by atoms with Crippen LogP contribution in [0, 0.1) is 5.92 Å². The normalized spacial score (nSPS) is 11.1. The van der Waals surface area contributed by atoms with E-state index in [4.69, 9.17) is 27.9 Å². The smallest absolute Gasteiger partial charge is 0.139 e. The first kappa shape index (κ1) is 17.1. The fourth-order valence-electron chi connectivity index (χ4n) is 1.61. The highest BCUT2D eigenvalue weighted by atomic mass is 79.9. The Balaban J connectivity index is 2.21. The lowest BCUT2D eigenvalue weighted by Crippen LogP contribution is -2.22. The van der Waals surface area contributed by atoms with Crippen molar-refractivity contribution in [2.75, 3.05) is 19.7 Å². The van der Waals surface area contributed by atoms with Crippen molar-refractivity contribution in [2.45, 2.75) is 26.7 Å². The number of hydrogen-bond donors (Lipinski definition) is 1. The Morgan fingerprint density at radius 2 is 1.95 bits per heavy atom. The molecule has 0 saturated carbocycles. The summed E-state index contributed by atoms with van der Waals surface area (Å²) in [6.45, 7) is 6.89. The molecule has 0 radical (unpaired) electrons. The van der Waals surface area contributed by atoms with Gasteiger partial charge in [0.05, 0.1) is 10.0 Å². The number of halogens is 3. The van der Waals surface area contributed by atoms with Gasteiger partial charge in [-0.25, -0.2) is 0 Å².